The fraction of sp³-hybridized carbons (Fsp3) is 0.385. The summed E-state index contributed by atoms with van der Waals surface area (Å²) in [6.07, 6.45) is 1.30. The number of benzene rings is 1. The molecule has 4 nitrogen and oxygen atoms in total. The molecule has 1 heterocycles. The average molecular weight is 262 g/mol. The van der Waals surface area contributed by atoms with E-state index in [1.165, 1.54) is 4.90 Å². The zero-order chi connectivity index (χ0) is 12.4. The van der Waals surface area contributed by atoms with Crippen LogP contribution in [0.25, 0.3) is 0 Å². The maximum Gasteiger partial charge on any atom is 0.229 e. The lowest BCUT2D eigenvalue weighted by atomic mass is 9.82. The van der Waals surface area contributed by atoms with Gasteiger partial charge in [0.05, 0.1) is 11.9 Å². The van der Waals surface area contributed by atoms with Crippen LogP contribution < -0.4 is 0 Å². The van der Waals surface area contributed by atoms with E-state index in [0.29, 0.717) is 11.6 Å². The van der Waals surface area contributed by atoms with Gasteiger partial charge >= 0.3 is 0 Å². The van der Waals surface area contributed by atoms with E-state index in [-0.39, 0.29) is 12.0 Å². The minimum absolute atomic E-state index is 0.191. The van der Waals surface area contributed by atoms with Crippen LogP contribution in [-0.4, -0.2) is 21.4 Å². The zero-order valence-corrected chi connectivity index (χ0v) is 10.6. The number of hydrogen-bond acceptors (Lipinski definition) is 5. The van der Waals surface area contributed by atoms with Gasteiger partial charge in [-0.15, -0.1) is 11.8 Å². The zero-order valence-electron chi connectivity index (χ0n) is 9.82. The minimum Gasteiger partial charge on any atom is -0.393 e. The van der Waals surface area contributed by atoms with Gasteiger partial charge in [-0.05, 0) is 25.0 Å². The Kier molecular flexibility index (Phi) is 3.34. The van der Waals surface area contributed by atoms with Crippen LogP contribution in [0.1, 0.15) is 30.5 Å². The van der Waals surface area contributed by atoms with Gasteiger partial charge < -0.3 is 9.63 Å². The Morgan fingerprint density at radius 2 is 2.06 bits per heavy atom. The monoisotopic (exact) mass is 262 g/mol. The molecule has 0 amide bonds. The molecule has 0 saturated heterocycles. The molecular weight excluding hydrogens is 248 g/mol. The SMILES string of the molecule is OC1CC(c2nc(CSc3ccccc3)no2)C1. The summed E-state index contributed by atoms with van der Waals surface area (Å²) in [6.45, 7) is 0. The minimum atomic E-state index is -0.191. The molecule has 1 N–H and O–H groups in total. The van der Waals surface area contributed by atoms with Crippen LogP contribution in [0, 0.1) is 0 Å². The largest absolute Gasteiger partial charge is 0.393 e. The average Bonchev–Trinajstić information content (AvgIpc) is 2.82. The molecule has 1 aliphatic carbocycles. The maximum atomic E-state index is 9.24. The van der Waals surface area contributed by atoms with Crippen molar-refractivity contribution in [2.75, 3.05) is 0 Å². The highest BCUT2D eigenvalue weighted by molar-refractivity contribution is 7.98. The van der Waals surface area contributed by atoms with E-state index in [0.717, 1.165) is 18.7 Å². The Morgan fingerprint density at radius 3 is 2.78 bits per heavy atom. The van der Waals surface area contributed by atoms with Crippen molar-refractivity contribution >= 4 is 11.8 Å². The number of aromatic nitrogens is 2. The molecule has 1 aromatic heterocycles. The summed E-state index contributed by atoms with van der Waals surface area (Å²) in [6, 6.07) is 10.2. The Labute approximate surface area is 109 Å². The number of nitrogens with zero attached hydrogens (tertiary/aromatic N) is 2. The molecule has 1 aromatic carbocycles. The maximum absolute atomic E-state index is 9.24. The smallest absolute Gasteiger partial charge is 0.229 e. The van der Waals surface area contributed by atoms with Gasteiger partial charge in [0, 0.05) is 10.8 Å². The molecule has 1 saturated carbocycles. The van der Waals surface area contributed by atoms with E-state index in [4.69, 9.17) is 4.52 Å². The lowest BCUT2D eigenvalue weighted by molar-refractivity contribution is 0.0625. The molecule has 0 radical (unpaired) electrons. The van der Waals surface area contributed by atoms with Gasteiger partial charge in [-0.25, -0.2) is 0 Å². The summed E-state index contributed by atoms with van der Waals surface area (Å²) in [5.74, 6) is 2.36. The van der Waals surface area contributed by atoms with Gasteiger partial charge in [0.1, 0.15) is 0 Å². The highest BCUT2D eigenvalue weighted by Crippen LogP contribution is 2.35. The van der Waals surface area contributed by atoms with Gasteiger partial charge in [0.15, 0.2) is 5.82 Å². The molecule has 0 atom stereocenters. The molecule has 1 aliphatic rings. The van der Waals surface area contributed by atoms with E-state index in [9.17, 15) is 5.11 Å². The summed E-state index contributed by atoms with van der Waals surface area (Å²) in [5.41, 5.74) is 0. The first-order valence-corrected chi connectivity index (χ1v) is 6.98. The van der Waals surface area contributed by atoms with Crippen LogP contribution in [-0.2, 0) is 5.75 Å². The van der Waals surface area contributed by atoms with E-state index >= 15 is 0 Å². The predicted molar refractivity (Wildman–Crippen MR) is 68.3 cm³/mol. The van der Waals surface area contributed by atoms with Gasteiger partial charge in [0.2, 0.25) is 5.89 Å². The lowest BCUT2D eigenvalue weighted by Crippen LogP contribution is -2.26. The van der Waals surface area contributed by atoms with Crippen LogP contribution in [0.15, 0.2) is 39.8 Å². The molecule has 1 fully saturated rings. The normalized spacial score (nSPS) is 22.7. The first kappa shape index (κ1) is 11.7. The molecule has 2 aromatic rings. The van der Waals surface area contributed by atoms with E-state index in [1.54, 1.807) is 11.8 Å². The number of hydrogen-bond donors (Lipinski definition) is 1. The molecule has 18 heavy (non-hydrogen) atoms. The van der Waals surface area contributed by atoms with Crippen molar-refractivity contribution in [2.24, 2.45) is 0 Å². The van der Waals surface area contributed by atoms with Crippen molar-refractivity contribution in [1.29, 1.82) is 0 Å². The van der Waals surface area contributed by atoms with Crippen LogP contribution in [0.2, 0.25) is 0 Å². The number of thioether (sulfide) groups is 1. The second-order valence-corrected chi connectivity index (χ2v) is 5.52. The third-order valence-corrected chi connectivity index (χ3v) is 4.07. The number of aliphatic hydroxyl groups is 1. The fourth-order valence-corrected chi connectivity index (χ4v) is 2.71. The van der Waals surface area contributed by atoms with Crippen molar-refractivity contribution in [3.05, 3.63) is 42.0 Å². The quantitative estimate of drug-likeness (QED) is 0.858. The summed E-state index contributed by atoms with van der Waals surface area (Å²) in [5, 5.41) is 13.2. The van der Waals surface area contributed by atoms with Gasteiger partial charge in [-0.1, -0.05) is 23.4 Å². The highest BCUT2D eigenvalue weighted by atomic mass is 32.2. The van der Waals surface area contributed by atoms with Crippen molar-refractivity contribution in [3.8, 4) is 0 Å². The van der Waals surface area contributed by atoms with Crippen LogP contribution >= 0.6 is 11.8 Å². The first-order valence-electron chi connectivity index (χ1n) is 5.99. The van der Waals surface area contributed by atoms with Crippen molar-refractivity contribution in [1.82, 2.24) is 10.1 Å². The van der Waals surface area contributed by atoms with Crippen molar-refractivity contribution in [3.63, 3.8) is 0 Å². The van der Waals surface area contributed by atoms with Gasteiger partial charge in [-0.3, -0.25) is 0 Å². The van der Waals surface area contributed by atoms with Crippen molar-refractivity contribution < 1.29 is 9.63 Å². The van der Waals surface area contributed by atoms with Gasteiger partial charge in [0.25, 0.3) is 0 Å². The molecule has 0 spiro atoms. The Balaban J connectivity index is 1.57. The standard InChI is InChI=1S/C13H14N2O2S/c16-10-6-9(7-10)13-14-12(15-17-13)8-18-11-4-2-1-3-5-11/h1-5,9-10,16H,6-8H2. The third-order valence-electron chi connectivity index (χ3n) is 3.06. The second kappa shape index (κ2) is 5.12. The Morgan fingerprint density at radius 1 is 1.28 bits per heavy atom. The molecule has 3 rings (SSSR count). The van der Waals surface area contributed by atoms with Crippen LogP contribution in [0.5, 0.6) is 0 Å². The Hall–Kier alpha value is -1.33. The molecule has 0 bridgehead atoms. The number of rotatable bonds is 4. The molecule has 5 heteroatoms. The Bertz CT molecular complexity index is 509. The topological polar surface area (TPSA) is 59.2 Å². The van der Waals surface area contributed by atoms with Crippen molar-refractivity contribution in [2.45, 2.75) is 35.5 Å². The van der Waals surface area contributed by atoms with Crippen LogP contribution in [0.4, 0.5) is 0 Å². The molecule has 0 unspecified atom stereocenters. The summed E-state index contributed by atoms with van der Waals surface area (Å²) >= 11 is 1.69. The molecular formula is C13H14N2O2S. The van der Waals surface area contributed by atoms with Crippen LogP contribution in [0.3, 0.4) is 0 Å². The first-order chi connectivity index (χ1) is 8.81. The summed E-state index contributed by atoms with van der Waals surface area (Å²) in [4.78, 5) is 5.57. The third kappa shape index (κ3) is 2.57. The van der Waals surface area contributed by atoms with E-state index in [1.807, 2.05) is 18.2 Å². The summed E-state index contributed by atoms with van der Waals surface area (Å²) < 4.78 is 5.22. The molecule has 94 valence electrons. The van der Waals surface area contributed by atoms with Gasteiger partial charge in [-0.2, -0.15) is 4.98 Å². The second-order valence-electron chi connectivity index (χ2n) is 4.47. The molecule has 0 aliphatic heterocycles. The number of aliphatic hydroxyl groups excluding tert-OH is 1. The summed E-state index contributed by atoms with van der Waals surface area (Å²) in [7, 11) is 0. The van der Waals surface area contributed by atoms with E-state index in [2.05, 4.69) is 22.3 Å². The fourth-order valence-electron chi connectivity index (χ4n) is 1.95. The lowest BCUT2D eigenvalue weighted by Gasteiger charge is -2.27. The van der Waals surface area contributed by atoms with E-state index < -0.39 is 0 Å². The highest BCUT2D eigenvalue weighted by Gasteiger charge is 2.32. The predicted octanol–water partition coefficient (Wildman–Crippen LogP) is 2.60.